The van der Waals surface area contributed by atoms with Crippen LogP contribution in [0.25, 0.3) is 0 Å². The number of ether oxygens (including phenoxy) is 1. The molecule has 0 unspecified atom stereocenters. The molecule has 1 aliphatic rings. The summed E-state index contributed by atoms with van der Waals surface area (Å²) < 4.78 is 12.8. The van der Waals surface area contributed by atoms with E-state index in [-0.39, 0.29) is 24.5 Å². The molecule has 8 nitrogen and oxygen atoms in total. The van der Waals surface area contributed by atoms with Gasteiger partial charge in [-0.3, -0.25) is 4.79 Å². The first-order chi connectivity index (χ1) is 13.1. The molecule has 0 radical (unpaired) electrons. The highest BCUT2D eigenvalue weighted by atomic mass is 16.5. The van der Waals surface area contributed by atoms with E-state index in [1.165, 1.54) is 11.8 Å². The second-order valence-corrected chi connectivity index (χ2v) is 6.78. The van der Waals surface area contributed by atoms with Gasteiger partial charge in [0, 0.05) is 13.0 Å². The van der Waals surface area contributed by atoms with Crippen molar-refractivity contribution in [2.45, 2.75) is 31.9 Å². The molecule has 3 aromatic rings. The van der Waals surface area contributed by atoms with Crippen molar-refractivity contribution in [3.05, 3.63) is 65.3 Å². The van der Waals surface area contributed by atoms with E-state index in [1.807, 2.05) is 0 Å². The van der Waals surface area contributed by atoms with Crippen LogP contribution in [0.5, 0.6) is 0 Å². The van der Waals surface area contributed by atoms with Gasteiger partial charge in [0.15, 0.2) is 5.82 Å². The molecule has 2 aromatic heterocycles. The lowest BCUT2D eigenvalue weighted by molar-refractivity contribution is 0.0938. The third-order valence-electron chi connectivity index (χ3n) is 4.74. The van der Waals surface area contributed by atoms with E-state index >= 15 is 0 Å². The largest absolute Gasteiger partial charge is 0.373 e. The summed E-state index contributed by atoms with van der Waals surface area (Å²) in [5.74, 6) is 0.841. The fourth-order valence-corrected chi connectivity index (χ4v) is 3.15. The van der Waals surface area contributed by atoms with E-state index in [0.717, 1.165) is 12.0 Å². The molecule has 2 atom stereocenters. The lowest BCUT2D eigenvalue weighted by atomic mass is 9.99. The minimum atomic E-state index is -0.238. The summed E-state index contributed by atoms with van der Waals surface area (Å²) in [5, 5.41) is 6.82. The number of nitrogens with zero attached hydrogens (tertiary/aromatic N) is 4. The van der Waals surface area contributed by atoms with Crippen LogP contribution in [0.4, 0.5) is 0 Å². The minimum Gasteiger partial charge on any atom is -0.373 e. The molecule has 0 saturated carbocycles. The number of imidazole rings is 1. The van der Waals surface area contributed by atoms with Gasteiger partial charge in [-0.15, -0.1) is 0 Å². The summed E-state index contributed by atoms with van der Waals surface area (Å²) in [5.41, 5.74) is 2.86. The number of rotatable bonds is 5. The van der Waals surface area contributed by atoms with Gasteiger partial charge in [-0.25, -0.2) is 4.98 Å². The second kappa shape index (κ2) is 7.32. The molecule has 0 bridgehead atoms. The SMILES string of the molecule is Cc1ccc([C@H]2C[C@H](c3noc(CNC(=O)c4cncn4C)n3)CO2)cc1. The van der Waals surface area contributed by atoms with Crippen molar-refractivity contribution in [3.8, 4) is 0 Å². The standard InChI is InChI=1S/C19H21N5O3/c1-12-3-5-13(6-4-12)16-7-14(10-26-16)18-22-17(27-23-18)9-21-19(25)15-8-20-11-24(15)2/h3-6,8,11,14,16H,7,9-10H2,1-2H3,(H,21,25)/t14-,16+/m0/s1. The van der Waals surface area contributed by atoms with Crippen molar-refractivity contribution in [2.24, 2.45) is 7.05 Å². The van der Waals surface area contributed by atoms with Crippen molar-refractivity contribution < 1.29 is 14.1 Å². The highest BCUT2D eigenvalue weighted by Crippen LogP contribution is 2.37. The molecule has 1 saturated heterocycles. The Morgan fingerprint density at radius 3 is 2.89 bits per heavy atom. The van der Waals surface area contributed by atoms with Gasteiger partial charge in [-0.1, -0.05) is 35.0 Å². The van der Waals surface area contributed by atoms with Crippen molar-refractivity contribution in [3.63, 3.8) is 0 Å². The zero-order valence-electron chi connectivity index (χ0n) is 15.3. The second-order valence-electron chi connectivity index (χ2n) is 6.78. The molecule has 3 heterocycles. The summed E-state index contributed by atoms with van der Waals surface area (Å²) in [6.07, 6.45) is 3.94. The van der Waals surface area contributed by atoms with Gasteiger partial charge in [-0.2, -0.15) is 4.98 Å². The van der Waals surface area contributed by atoms with Gasteiger partial charge in [0.1, 0.15) is 5.69 Å². The predicted molar refractivity (Wildman–Crippen MR) is 95.9 cm³/mol. The molecule has 0 aliphatic carbocycles. The Bertz CT molecular complexity index is 931. The van der Waals surface area contributed by atoms with Crippen LogP contribution in [0.15, 0.2) is 41.3 Å². The summed E-state index contributed by atoms with van der Waals surface area (Å²) in [6.45, 7) is 2.79. The smallest absolute Gasteiger partial charge is 0.269 e. The van der Waals surface area contributed by atoms with Gasteiger partial charge < -0.3 is 19.1 Å². The first-order valence-corrected chi connectivity index (χ1v) is 8.85. The molecule has 1 N–H and O–H groups in total. The van der Waals surface area contributed by atoms with Gasteiger partial charge in [0.05, 0.1) is 31.8 Å². The molecule has 1 aromatic carbocycles. The first kappa shape index (κ1) is 17.4. The zero-order valence-corrected chi connectivity index (χ0v) is 15.3. The predicted octanol–water partition coefficient (Wildman–Crippen LogP) is 2.29. The fraction of sp³-hybridized carbons (Fsp3) is 0.368. The topological polar surface area (TPSA) is 95.1 Å². The van der Waals surface area contributed by atoms with Crippen LogP contribution in [0.2, 0.25) is 0 Å². The summed E-state index contributed by atoms with van der Waals surface area (Å²) >= 11 is 0. The highest BCUT2D eigenvalue weighted by Gasteiger charge is 2.31. The van der Waals surface area contributed by atoms with Crippen molar-refractivity contribution in [1.82, 2.24) is 25.0 Å². The third-order valence-corrected chi connectivity index (χ3v) is 4.74. The molecule has 1 aliphatic heterocycles. The minimum absolute atomic E-state index is 0.0436. The molecule has 140 valence electrons. The maximum absolute atomic E-state index is 12.1. The number of nitrogens with one attached hydrogen (secondary N) is 1. The van der Waals surface area contributed by atoms with E-state index in [1.54, 1.807) is 17.9 Å². The third kappa shape index (κ3) is 3.75. The molecule has 0 spiro atoms. The van der Waals surface area contributed by atoms with Gasteiger partial charge in [0.25, 0.3) is 5.91 Å². The van der Waals surface area contributed by atoms with E-state index in [2.05, 4.69) is 51.6 Å². The van der Waals surface area contributed by atoms with Crippen LogP contribution in [-0.4, -0.2) is 32.2 Å². The van der Waals surface area contributed by atoms with Gasteiger partial charge >= 0.3 is 0 Å². The number of aryl methyl sites for hydroxylation is 2. The Morgan fingerprint density at radius 2 is 2.15 bits per heavy atom. The van der Waals surface area contributed by atoms with Crippen LogP contribution in [0.1, 0.15) is 51.8 Å². The normalized spacial score (nSPS) is 19.3. The molecule has 4 rings (SSSR count). The summed E-state index contributed by atoms with van der Waals surface area (Å²) in [6, 6.07) is 8.36. The molecular formula is C19H21N5O3. The first-order valence-electron chi connectivity index (χ1n) is 8.85. The monoisotopic (exact) mass is 367 g/mol. The number of hydrogen-bond acceptors (Lipinski definition) is 6. The lowest BCUT2D eigenvalue weighted by Crippen LogP contribution is -2.24. The number of aromatic nitrogens is 4. The van der Waals surface area contributed by atoms with E-state index in [0.29, 0.717) is 24.0 Å². The average Bonchev–Trinajstić information content (AvgIpc) is 3.40. The molecular weight excluding hydrogens is 346 g/mol. The van der Waals surface area contributed by atoms with Crippen LogP contribution in [-0.2, 0) is 18.3 Å². The van der Waals surface area contributed by atoms with Crippen molar-refractivity contribution in [2.75, 3.05) is 6.61 Å². The van der Waals surface area contributed by atoms with Crippen LogP contribution < -0.4 is 5.32 Å². The number of benzene rings is 1. The van der Waals surface area contributed by atoms with Gasteiger partial charge in [0.2, 0.25) is 5.89 Å². The Kier molecular flexibility index (Phi) is 4.72. The Balaban J connectivity index is 1.35. The number of carbonyl (C=O) groups is 1. The van der Waals surface area contributed by atoms with E-state index in [4.69, 9.17) is 9.26 Å². The van der Waals surface area contributed by atoms with Gasteiger partial charge in [-0.05, 0) is 18.9 Å². The summed E-state index contributed by atoms with van der Waals surface area (Å²) in [4.78, 5) is 20.4. The summed E-state index contributed by atoms with van der Waals surface area (Å²) in [7, 11) is 1.76. The van der Waals surface area contributed by atoms with Crippen molar-refractivity contribution in [1.29, 1.82) is 0 Å². The molecule has 8 heteroatoms. The number of amides is 1. The Morgan fingerprint density at radius 1 is 1.33 bits per heavy atom. The van der Waals surface area contributed by atoms with Crippen molar-refractivity contribution >= 4 is 5.91 Å². The number of hydrogen-bond donors (Lipinski definition) is 1. The molecule has 1 fully saturated rings. The fourth-order valence-electron chi connectivity index (χ4n) is 3.15. The maximum Gasteiger partial charge on any atom is 0.269 e. The average molecular weight is 367 g/mol. The quantitative estimate of drug-likeness (QED) is 0.743. The van der Waals surface area contributed by atoms with E-state index in [9.17, 15) is 4.79 Å². The lowest BCUT2D eigenvalue weighted by Gasteiger charge is -2.09. The Labute approximate surface area is 156 Å². The number of carbonyl (C=O) groups excluding carboxylic acids is 1. The molecule has 1 amide bonds. The van der Waals surface area contributed by atoms with Crippen LogP contribution in [0, 0.1) is 6.92 Å². The Hall–Kier alpha value is -3.00. The zero-order chi connectivity index (χ0) is 18.8. The molecule has 27 heavy (non-hydrogen) atoms. The van der Waals surface area contributed by atoms with Crippen LogP contribution >= 0.6 is 0 Å². The van der Waals surface area contributed by atoms with Crippen LogP contribution in [0.3, 0.4) is 0 Å². The highest BCUT2D eigenvalue weighted by molar-refractivity contribution is 5.92. The van der Waals surface area contributed by atoms with E-state index < -0.39 is 0 Å². The maximum atomic E-state index is 12.1.